The maximum Gasteiger partial charge on any atom is 0.198 e. The number of fused-ring (bicyclic) bond motifs is 2. The molecule has 0 fully saturated rings. The highest BCUT2D eigenvalue weighted by molar-refractivity contribution is 5.84. The Balaban J connectivity index is 2.01. The molecule has 4 rings (SSSR count). The number of benzene rings is 3. The van der Waals surface area contributed by atoms with E-state index in [2.05, 4.69) is 0 Å². The molecule has 25 heavy (non-hydrogen) atoms. The van der Waals surface area contributed by atoms with Crippen LogP contribution in [0.5, 0.6) is 0 Å². The lowest BCUT2D eigenvalue weighted by molar-refractivity contribution is 0.401. The molecule has 0 radical (unpaired) electrons. The van der Waals surface area contributed by atoms with Gasteiger partial charge in [0.05, 0.1) is 11.5 Å². The summed E-state index contributed by atoms with van der Waals surface area (Å²) < 4.78 is 83.6. The average molecular weight is 350 g/mol. The van der Waals surface area contributed by atoms with Gasteiger partial charge in [-0.1, -0.05) is 42.5 Å². The minimum absolute atomic E-state index is 0.106. The van der Waals surface area contributed by atoms with Crippen LogP contribution in [-0.4, -0.2) is 0 Å². The van der Waals surface area contributed by atoms with E-state index in [-0.39, 0.29) is 5.56 Å². The molecule has 1 aliphatic carbocycles. The zero-order valence-electron chi connectivity index (χ0n) is 12.4. The Morgan fingerprint density at radius 3 is 2.00 bits per heavy atom. The minimum atomic E-state index is -2.17. The van der Waals surface area contributed by atoms with Gasteiger partial charge < -0.3 is 0 Å². The van der Waals surface area contributed by atoms with Crippen LogP contribution in [0, 0.1) is 23.3 Å². The Morgan fingerprint density at radius 1 is 0.640 bits per heavy atom. The van der Waals surface area contributed by atoms with Crippen molar-refractivity contribution < 1.29 is 26.3 Å². The van der Waals surface area contributed by atoms with E-state index in [0.29, 0.717) is 5.39 Å². The van der Waals surface area contributed by atoms with Crippen LogP contribution < -0.4 is 0 Å². The van der Waals surface area contributed by atoms with Gasteiger partial charge in [-0.2, -0.15) is 0 Å². The first-order valence-electron chi connectivity index (χ1n) is 7.32. The maximum absolute atomic E-state index is 14.4. The summed E-state index contributed by atoms with van der Waals surface area (Å²) in [5, 5.41) is 1.45. The first-order valence-corrected chi connectivity index (χ1v) is 7.32. The second-order valence-electron chi connectivity index (χ2n) is 5.75. The van der Waals surface area contributed by atoms with Gasteiger partial charge in [0, 0.05) is 5.56 Å². The summed E-state index contributed by atoms with van der Waals surface area (Å²) in [7, 11) is 0. The van der Waals surface area contributed by atoms with E-state index in [1.54, 1.807) is 30.3 Å². The minimum Gasteiger partial charge on any atom is -0.208 e. The van der Waals surface area contributed by atoms with Crippen molar-refractivity contribution in [2.45, 2.75) is 5.92 Å². The molecule has 3 aromatic carbocycles. The lowest BCUT2D eigenvalue weighted by Gasteiger charge is -2.15. The van der Waals surface area contributed by atoms with Gasteiger partial charge in [0.2, 0.25) is 0 Å². The molecular weight excluding hydrogens is 342 g/mol. The first-order chi connectivity index (χ1) is 11.9. The van der Waals surface area contributed by atoms with Crippen molar-refractivity contribution in [3.05, 3.63) is 88.3 Å². The quantitative estimate of drug-likeness (QED) is 0.281. The molecule has 1 atom stereocenters. The van der Waals surface area contributed by atoms with Gasteiger partial charge in [-0.15, -0.1) is 0 Å². The maximum atomic E-state index is 14.4. The van der Waals surface area contributed by atoms with E-state index in [4.69, 9.17) is 0 Å². The standard InChI is InChI=1S/C19H8F6/c20-14-11(10-6-5-8-3-1-2-4-9(8)7-10)12-13(16(14)22)17(23)19(25)18(24)15(12)21/h1-7,11H. The zero-order valence-corrected chi connectivity index (χ0v) is 12.4. The summed E-state index contributed by atoms with van der Waals surface area (Å²) in [6.45, 7) is 0. The zero-order chi connectivity index (χ0) is 17.9. The molecule has 0 saturated heterocycles. The monoisotopic (exact) mass is 350 g/mol. The van der Waals surface area contributed by atoms with Crippen molar-refractivity contribution in [1.82, 2.24) is 0 Å². The molecule has 0 N–H and O–H groups in total. The fourth-order valence-electron chi connectivity index (χ4n) is 3.21. The third-order valence-corrected chi connectivity index (χ3v) is 4.38. The summed E-state index contributed by atoms with van der Waals surface area (Å²) in [6.07, 6.45) is 0. The predicted octanol–water partition coefficient (Wildman–Crippen LogP) is 6.15. The van der Waals surface area contributed by atoms with Crippen LogP contribution >= 0.6 is 0 Å². The highest BCUT2D eigenvalue weighted by Gasteiger charge is 2.41. The molecule has 0 heterocycles. The summed E-state index contributed by atoms with van der Waals surface area (Å²) in [4.78, 5) is 0. The molecule has 0 aromatic heterocycles. The van der Waals surface area contributed by atoms with Gasteiger partial charge in [0.25, 0.3) is 0 Å². The molecule has 0 aliphatic heterocycles. The van der Waals surface area contributed by atoms with Crippen LogP contribution in [-0.2, 0) is 0 Å². The highest BCUT2D eigenvalue weighted by atomic mass is 19.2. The van der Waals surface area contributed by atoms with Crippen LogP contribution in [0.25, 0.3) is 16.6 Å². The normalized spacial score (nSPS) is 16.6. The molecule has 1 unspecified atom stereocenters. The third kappa shape index (κ3) is 2.10. The largest absolute Gasteiger partial charge is 0.208 e. The Labute approximate surface area is 138 Å². The van der Waals surface area contributed by atoms with Gasteiger partial charge in [0.1, 0.15) is 5.83 Å². The SMILES string of the molecule is FC1=C(F)C(c2ccc3ccccc3c2)c2c(F)c(F)c(F)c(F)c21. The fourth-order valence-corrected chi connectivity index (χ4v) is 3.21. The van der Waals surface area contributed by atoms with Crippen molar-refractivity contribution >= 4 is 16.6 Å². The van der Waals surface area contributed by atoms with E-state index in [9.17, 15) is 26.3 Å². The van der Waals surface area contributed by atoms with E-state index < -0.39 is 52.0 Å². The fraction of sp³-hybridized carbons (Fsp3) is 0.0526. The van der Waals surface area contributed by atoms with Gasteiger partial charge >= 0.3 is 0 Å². The second kappa shape index (κ2) is 5.37. The highest BCUT2D eigenvalue weighted by Crippen LogP contribution is 2.50. The number of allylic oxidation sites excluding steroid dienone is 1. The number of hydrogen-bond acceptors (Lipinski definition) is 0. The summed E-state index contributed by atoms with van der Waals surface area (Å²) in [5.41, 5.74) is -1.97. The molecule has 0 nitrogen and oxygen atoms in total. The average Bonchev–Trinajstić information content (AvgIpc) is 2.89. The predicted molar refractivity (Wildman–Crippen MR) is 81.2 cm³/mol. The van der Waals surface area contributed by atoms with Gasteiger partial charge in [-0.05, 0) is 16.3 Å². The second-order valence-corrected chi connectivity index (χ2v) is 5.75. The van der Waals surface area contributed by atoms with Crippen molar-refractivity contribution in [3.63, 3.8) is 0 Å². The van der Waals surface area contributed by atoms with E-state index in [1.807, 2.05) is 0 Å². The van der Waals surface area contributed by atoms with Crippen molar-refractivity contribution in [3.8, 4) is 0 Å². The van der Waals surface area contributed by atoms with Crippen LogP contribution in [0.15, 0.2) is 48.3 Å². The molecule has 6 heteroatoms. The molecule has 1 aliphatic rings. The summed E-state index contributed by atoms with van der Waals surface area (Å²) >= 11 is 0. The topological polar surface area (TPSA) is 0 Å². The van der Waals surface area contributed by atoms with Crippen LogP contribution in [0.1, 0.15) is 22.6 Å². The first kappa shape index (κ1) is 15.7. The lowest BCUT2D eigenvalue weighted by atomic mass is 9.90. The van der Waals surface area contributed by atoms with Gasteiger partial charge in [-0.25, -0.2) is 26.3 Å². The number of halogens is 6. The molecule has 3 aromatic rings. The van der Waals surface area contributed by atoms with Crippen LogP contribution in [0.2, 0.25) is 0 Å². The summed E-state index contributed by atoms with van der Waals surface area (Å²) in [6, 6.07) is 11.5. The van der Waals surface area contributed by atoms with Crippen molar-refractivity contribution in [2.75, 3.05) is 0 Å². The molecule has 0 bridgehead atoms. The Kier molecular flexibility index (Phi) is 3.39. The molecular formula is C19H8F6. The van der Waals surface area contributed by atoms with E-state index >= 15 is 0 Å². The Morgan fingerprint density at radius 2 is 1.28 bits per heavy atom. The smallest absolute Gasteiger partial charge is 0.198 e. The van der Waals surface area contributed by atoms with Crippen molar-refractivity contribution in [2.24, 2.45) is 0 Å². The van der Waals surface area contributed by atoms with E-state index in [1.165, 1.54) is 12.1 Å². The third-order valence-electron chi connectivity index (χ3n) is 4.38. The van der Waals surface area contributed by atoms with Crippen molar-refractivity contribution in [1.29, 1.82) is 0 Å². The lowest BCUT2D eigenvalue weighted by Crippen LogP contribution is -2.08. The Hall–Kier alpha value is -2.76. The van der Waals surface area contributed by atoms with Crippen LogP contribution in [0.3, 0.4) is 0 Å². The number of hydrogen-bond donors (Lipinski definition) is 0. The molecule has 0 spiro atoms. The van der Waals surface area contributed by atoms with Gasteiger partial charge in [-0.3, -0.25) is 0 Å². The van der Waals surface area contributed by atoms with E-state index in [0.717, 1.165) is 5.39 Å². The molecule has 0 amide bonds. The molecule has 0 saturated carbocycles. The Bertz CT molecular complexity index is 1070. The van der Waals surface area contributed by atoms with Crippen LogP contribution in [0.4, 0.5) is 26.3 Å². The summed E-state index contributed by atoms with van der Waals surface area (Å²) in [5.74, 6) is -12.9. The van der Waals surface area contributed by atoms with Gasteiger partial charge in [0.15, 0.2) is 29.1 Å². The molecule has 126 valence electrons. The number of rotatable bonds is 1.